The topological polar surface area (TPSA) is 110 Å². The normalized spacial score (nSPS) is 12.0. The highest BCUT2D eigenvalue weighted by Crippen LogP contribution is 2.16. The minimum atomic E-state index is -0.807. The van der Waals surface area contributed by atoms with Gasteiger partial charge in [-0.3, -0.25) is 9.36 Å². The molecule has 0 saturated heterocycles. The maximum atomic E-state index is 11.9. The lowest BCUT2D eigenvalue weighted by Crippen LogP contribution is -2.31. The molecule has 8 nitrogen and oxygen atoms in total. The van der Waals surface area contributed by atoms with Crippen LogP contribution < -0.4 is 5.32 Å². The number of aliphatic hydroxyl groups is 1. The van der Waals surface area contributed by atoms with Crippen LogP contribution in [0.15, 0.2) is 30.5 Å². The van der Waals surface area contributed by atoms with Gasteiger partial charge in [0, 0.05) is 13.5 Å². The number of rotatable bonds is 6. The van der Waals surface area contributed by atoms with E-state index >= 15 is 0 Å². The zero-order valence-electron chi connectivity index (χ0n) is 12.9. The molecule has 0 radical (unpaired) electrons. The van der Waals surface area contributed by atoms with Gasteiger partial charge in [-0.1, -0.05) is 24.3 Å². The van der Waals surface area contributed by atoms with Crippen LogP contribution in [-0.2, 0) is 11.3 Å². The average Bonchev–Trinajstić information content (AvgIpc) is 2.87. The van der Waals surface area contributed by atoms with E-state index in [4.69, 9.17) is 0 Å². The summed E-state index contributed by atoms with van der Waals surface area (Å²) in [5, 5.41) is 23.4. The van der Waals surface area contributed by atoms with Gasteiger partial charge in [-0.15, -0.1) is 0 Å². The molecule has 0 aliphatic carbocycles. The lowest BCUT2D eigenvalue weighted by atomic mass is 10.0. The molecule has 0 spiro atoms. The van der Waals surface area contributed by atoms with E-state index in [0.29, 0.717) is 5.82 Å². The third kappa shape index (κ3) is 4.13. The van der Waals surface area contributed by atoms with Gasteiger partial charge in [0.15, 0.2) is 0 Å². The Hall–Kier alpha value is -2.74. The molecule has 1 unspecified atom stereocenters. The third-order valence-corrected chi connectivity index (χ3v) is 3.50. The summed E-state index contributed by atoms with van der Waals surface area (Å²) in [5.41, 5.74) is 1.69. The molecule has 2 rings (SSSR count). The second-order valence-electron chi connectivity index (χ2n) is 5.21. The number of nitrogens with zero attached hydrogens (tertiary/aromatic N) is 3. The molecule has 1 atom stereocenters. The number of carbonyl (C=O) groups excluding carboxylic acids is 1. The van der Waals surface area contributed by atoms with Crippen LogP contribution in [0, 0.1) is 24.0 Å². The number of amides is 1. The summed E-state index contributed by atoms with van der Waals surface area (Å²) in [6, 6.07) is 7.38. The summed E-state index contributed by atoms with van der Waals surface area (Å²) in [6.45, 7) is 3.45. The minimum Gasteiger partial charge on any atom is -0.387 e. The highest BCUT2D eigenvalue weighted by Gasteiger charge is 2.17. The number of hydrogen-bond acceptors (Lipinski definition) is 5. The van der Waals surface area contributed by atoms with Crippen molar-refractivity contribution >= 4 is 11.7 Å². The summed E-state index contributed by atoms with van der Waals surface area (Å²) < 4.78 is 1.40. The fourth-order valence-corrected chi connectivity index (χ4v) is 2.23. The molecule has 1 aromatic carbocycles. The predicted molar refractivity (Wildman–Crippen MR) is 82.8 cm³/mol. The second-order valence-corrected chi connectivity index (χ2v) is 5.21. The number of aromatic nitrogens is 2. The van der Waals surface area contributed by atoms with Gasteiger partial charge in [0.2, 0.25) is 11.7 Å². The smallest absolute Gasteiger partial charge is 0.381 e. The molecule has 1 aromatic heterocycles. The van der Waals surface area contributed by atoms with E-state index in [-0.39, 0.29) is 24.8 Å². The zero-order chi connectivity index (χ0) is 17.0. The van der Waals surface area contributed by atoms with Crippen LogP contribution in [-0.4, -0.2) is 32.0 Å². The van der Waals surface area contributed by atoms with Crippen molar-refractivity contribution in [2.45, 2.75) is 26.5 Å². The molecule has 23 heavy (non-hydrogen) atoms. The summed E-state index contributed by atoms with van der Waals surface area (Å²) in [6.07, 6.45) is 0.408. The standard InChI is InChI=1S/C15H18N4O4/c1-10-5-3-4-6-12(10)13(20)7-16-15(21)9-18-8-14(19(22)23)17-11(18)2/h3-6,8,13,20H,7,9H2,1-2H3,(H,16,21). The Labute approximate surface area is 132 Å². The van der Waals surface area contributed by atoms with Gasteiger partial charge in [-0.2, -0.15) is 0 Å². The monoisotopic (exact) mass is 318 g/mol. The van der Waals surface area contributed by atoms with Crippen molar-refractivity contribution in [2.75, 3.05) is 6.54 Å². The molecule has 0 aliphatic heterocycles. The lowest BCUT2D eigenvalue weighted by molar-refractivity contribution is -0.389. The molecule has 2 N–H and O–H groups in total. The zero-order valence-corrected chi connectivity index (χ0v) is 12.9. The van der Waals surface area contributed by atoms with Crippen molar-refractivity contribution in [3.05, 3.63) is 57.5 Å². The van der Waals surface area contributed by atoms with Crippen LogP contribution in [0.3, 0.4) is 0 Å². The van der Waals surface area contributed by atoms with Crippen LogP contribution in [0.25, 0.3) is 0 Å². The second kappa shape index (κ2) is 7.01. The first-order valence-corrected chi connectivity index (χ1v) is 7.07. The summed E-state index contributed by atoms with van der Waals surface area (Å²) in [4.78, 5) is 25.7. The van der Waals surface area contributed by atoms with Crippen molar-refractivity contribution in [1.29, 1.82) is 0 Å². The summed E-state index contributed by atoms with van der Waals surface area (Å²) >= 11 is 0. The quantitative estimate of drug-likeness (QED) is 0.615. The van der Waals surface area contributed by atoms with Gasteiger partial charge in [0.25, 0.3) is 0 Å². The van der Waals surface area contributed by atoms with Gasteiger partial charge in [0.05, 0.1) is 6.10 Å². The first-order valence-electron chi connectivity index (χ1n) is 7.07. The van der Waals surface area contributed by atoms with Gasteiger partial charge < -0.3 is 20.5 Å². The van der Waals surface area contributed by atoms with Crippen molar-refractivity contribution in [1.82, 2.24) is 14.9 Å². The lowest BCUT2D eigenvalue weighted by Gasteiger charge is -2.14. The van der Waals surface area contributed by atoms with E-state index in [9.17, 15) is 20.0 Å². The Balaban J connectivity index is 1.93. The summed E-state index contributed by atoms with van der Waals surface area (Å²) in [5.74, 6) is -0.269. The molecule has 0 aliphatic rings. The van der Waals surface area contributed by atoms with Crippen molar-refractivity contribution in [3.63, 3.8) is 0 Å². The Morgan fingerprint density at radius 1 is 1.43 bits per heavy atom. The Morgan fingerprint density at radius 2 is 2.13 bits per heavy atom. The first-order chi connectivity index (χ1) is 10.9. The highest BCUT2D eigenvalue weighted by molar-refractivity contribution is 5.75. The SMILES string of the molecule is Cc1ccccc1C(O)CNC(=O)Cn1cc([N+](=O)[O-])nc1C. The first kappa shape index (κ1) is 16.6. The maximum Gasteiger partial charge on any atom is 0.381 e. The number of imidazole rings is 1. The molecule has 0 fully saturated rings. The fourth-order valence-electron chi connectivity index (χ4n) is 2.23. The van der Waals surface area contributed by atoms with E-state index in [1.54, 1.807) is 13.0 Å². The molecular formula is C15H18N4O4. The number of aliphatic hydroxyl groups excluding tert-OH is 1. The highest BCUT2D eigenvalue weighted by atomic mass is 16.6. The van der Waals surface area contributed by atoms with Crippen LogP contribution in [0.1, 0.15) is 23.1 Å². The van der Waals surface area contributed by atoms with E-state index in [1.165, 1.54) is 10.8 Å². The van der Waals surface area contributed by atoms with Gasteiger partial charge in [0.1, 0.15) is 12.7 Å². The van der Waals surface area contributed by atoms with E-state index in [2.05, 4.69) is 10.3 Å². The molecule has 8 heteroatoms. The van der Waals surface area contributed by atoms with Crippen molar-refractivity contribution in [3.8, 4) is 0 Å². The molecule has 122 valence electrons. The number of aryl methyl sites for hydroxylation is 2. The minimum absolute atomic E-state index is 0.0690. The fraction of sp³-hybridized carbons (Fsp3) is 0.333. The molecule has 0 saturated carbocycles. The summed E-state index contributed by atoms with van der Waals surface area (Å²) in [7, 11) is 0. The van der Waals surface area contributed by atoms with E-state index in [1.807, 2.05) is 25.1 Å². The van der Waals surface area contributed by atoms with Crippen LogP contribution in [0.4, 0.5) is 5.82 Å². The van der Waals surface area contributed by atoms with Gasteiger partial charge >= 0.3 is 5.82 Å². The number of nitro groups is 1. The van der Waals surface area contributed by atoms with Crippen LogP contribution >= 0.6 is 0 Å². The maximum absolute atomic E-state index is 11.9. The molecule has 1 heterocycles. The van der Waals surface area contributed by atoms with Crippen LogP contribution in [0.2, 0.25) is 0 Å². The van der Waals surface area contributed by atoms with Gasteiger partial charge in [-0.25, -0.2) is 0 Å². The van der Waals surface area contributed by atoms with Crippen LogP contribution in [0.5, 0.6) is 0 Å². The molecular weight excluding hydrogens is 300 g/mol. The average molecular weight is 318 g/mol. The molecule has 2 aromatic rings. The number of benzene rings is 1. The van der Waals surface area contributed by atoms with Crippen molar-refractivity contribution in [2.24, 2.45) is 0 Å². The van der Waals surface area contributed by atoms with E-state index in [0.717, 1.165) is 11.1 Å². The molecule has 1 amide bonds. The Kier molecular flexibility index (Phi) is 5.07. The van der Waals surface area contributed by atoms with Gasteiger partial charge in [-0.05, 0) is 28.0 Å². The Morgan fingerprint density at radius 3 is 2.74 bits per heavy atom. The number of nitrogens with one attached hydrogen (secondary N) is 1. The largest absolute Gasteiger partial charge is 0.387 e. The number of hydrogen-bond donors (Lipinski definition) is 2. The number of carbonyl (C=O) groups is 1. The predicted octanol–water partition coefficient (Wildman–Crippen LogP) is 1.26. The Bertz CT molecular complexity index is 726. The third-order valence-electron chi connectivity index (χ3n) is 3.50. The van der Waals surface area contributed by atoms with Crippen molar-refractivity contribution < 1.29 is 14.8 Å². The molecule has 0 bridgehead atoms. The van der Waals surface area contributed by atoms with E-state index < -0.39 is 11.0 Å².